The number of methoxy groups -OCH3 is 1. The maximum Gasteiger partial charge on any atom is 0.312 e. The van der Waals surface area contributed by atoms with Gasteiger partial charge < -0.3 is 14.6 Å². The van der Waals surface area contributed by atoms with Crippen LogP contribution >= 0.6 is 0 Å². The number of rotatable bonds is 5. The van der Waals surface area contributed by atoms with Crippen LogP contribution in [0.2, 0.25) is 0 Å². The number of carbonyl (C=O) groups excluding carboxylic acids is 1. The predicted octanol–water partition coefficient (Wildman–Crippen LogP) is 1.84. The Labute approximate surface area is 102 Å². The summed E-state index contributed by atoms with van der Waals surface area (Å²) in [6, 6.07) is 0. The number of carbonyl (C=O) groups is 1. The molecule has 0 bridgehead atoms. The molecule has 0 aromatic carbocycles. The van der Waals surface area contributed by atoms with Gasteiger partial charge in [0.25, 0.3) is 6.43 Å². The molecule has 0 radical (unpaired) electrons. The van der Waals surface area contributed by atoms with E-state index >= 15 is 0 Å². The Hall–Kier alpha value is -1.92. The number of aromatic hydroxyl groups is 1. The molecule has 1 aromatic rings. The van der Waals surface area contributed by atoms with Crippen molar-refractivity contribution in [1.82, 2.24) is 4.98 Å². The van der Waals surface area contributed by atoms with Crippen molar-refractivity contribution in [2.24, 2.45) is 0 Å². The van der Waals surface area contributed by atoms with Gasteiger partial charge in [0.1, 0.15) is 11.3 Å². The van der Waals surface area contributed by atoms with Crippen LogP contribution in [0.1, 0.15) is 24.6 Å². The molecule has 0 aliphatic carbocycles. The Bertz CT molecular complexity index is 437. The molecule has 100 valence electrons. The molecular weight excluding hydrogens is 248 g/mol. The highest BCUT2D eigenvalue weighted by Crippen LogP contribution is 2.37. The fourth-order valence-corrected chi connectivity index (χ4v) is 1.45. The molecule has 1 aromatic heterocycles. The fraction of sp³-hybridized carbons (Fsp3) is 0.455. The minimum absolute atomic E-state index is 0.00375. The van der Waals surface area contributed by atoms with Crippen LogP contribution in [0.3, 0.4) is 0 Å². The van der Waals surface area contributed by atoms with Gasteiger partial charge in [-0.05, 0) is 6.92 Å². The first-order valence-electron chi connectivity index (χ1n) is 5.19. The Morgan fingerprint density at radius 1 is 1.56 bits per heavy atom. The third-order valence-corrected chi connectivity index (χ3v) is 2.16. The zero-order chi connectivity index (χ0) is 13.7. The highest BCUT2D eigenvalue weighted by atomic mass is 19.3. The molecule has 0 atom stereocenters. The monoisotopic (exact) mass is 261 g/mol. The molecule has 7 heteroatoms. The van der Waals surface area contributed by atoms with Crippen LogP contribution in [0.25, 0.3) is 0 Å². The molecule has 1 heterocycles. The third kappa shape index (κ3) is 3.06. The van der Waals surface area contributed by atoms with Crippen molar-refractivity contribution in [2.45, 2.75) is 19.8 Å². The van der Waals surface area contributed by atoms with Crippen LogP contribution < -0.4 is 4.74 Å². The van der Waals surface area contributed by atoms with E-state index in [1.807, 2.05) is 0 Å². The SMILES string of the molecule is CCOC(=O)Cc1ncc(O)c(C(F)F)c1OC. The second-order valence-electron chi connectivity index (χ2n) is 3.32. The van der Waals surface area contributed by atoms with Gasteiger partial charge in [-0.3, -0.25) is 9.78 Å². The largest absolute Gasteiger partial charge is 0.506 e. The summed E-state index contributed by atoms with van der Waals surface area (Å²) in [7, 11) is 1.16. The summed E-state index contributed by atoms with van der Waals surface area (Å²) >= 11 is 0. The summed E-state index contributed by atoms with van der Waals surface area (Å²) < 4.78 is 35.0. The van der Waals surface area contributed by atoms with Gasteiger partial charge in [-0.1, -0.05) is 0 Å². The smallest absolute Gasteiger partial charge is 0.312 e. The lowest BCUT2D eigenvalue weighted by atomic mass is 10.1. The highest BCUT2D eigenvalue weighted by molar-refractivity contribution is 5.73. The second kappa shape index (κ2) is 6.13. The van der Waals surface area contributed by atoms with Gasteiger partial charge >= 0.3 is 5.97 Å². The Kier molecular flexibility index (Phi) is 4.82. The number of aromatic nitrogens is 1. The number of hydrogen-bond acceptors (Lipinski definition) is 5. The molecule has 0 fully saturated rings. The Balaban J connectivity index is 3.13. The van der Waals surface area contributed by atoms with Crippen molar-refractivity contribution < 1.29 is 28.2 Å². The van der Waals surface area contributed by atoms with Gasteiger partial charge in [0.15, 0.2) is 5.75 Å². The van der Waals surface area contributed by atoms with E-state index in [1.54, 1.807) is 6.92 Å². The van der Waals surface area contributed by atoms with Crippen molar-refractivity contribution in [3.8, 4) is 11.5 Å². The van der Waals surface area contributed by atoms with E-state index in [0.29, 0.717) is 0 Å². The van der Waals surface area contributed by atoms with Crippen LogP contribution in [0.4, 0.5) is 8.78 Å². The number of ether oxygens (including phenoxy) is 2. The van der Waals surface area contributed by atoms with Gasteiger partial charge in [0, 0.05) is 0 Å². The quantitative estimate of drug-likeness (QED) is 0.819. The predicted molar refractivity (Wildman–Crippen MR) is 57.7 cm³/mol. The lowest BCUT2D eigenvalue weighted by Crippen LogP contribution is -2.11. The number of esters is 1. The highest BCUT2D eigenvalue weighted by Gasteiger charge is 2.24. The van der Waals surface area contributed by atoms with Gasteiger partial charge in [0.2, 0.25) is 0 Å². The van der Waals surface area contributed by atoms with Gasteiger partial charge in [-0.2, -0.15) is 0 Å². The van der Waals surface area contributed by atoms with E-state index in [0.717, 1.165) is 13.3 Å². The molecule has 0 amide bonds. The second-order valence-corrected chi connectivity index (χ2v) is 3.32. The van der Waals surface area contributed by atoms with E-state index in [9.17, 15) is 18.7 Å². The van der Waals surface area contributed by atoms with E-state index in [2.05, 4.69) is 4.98 Å². The third-order valence-electron chi connectivity index (χ3n) is 2.16. The van der Waals surface area contributed by atoms with Crippen molar-refractivity contribution in [1.29, 1.82) is 0 Å². The topological polar surface area (TPSA) is 68.7 Å². The summed E-state index contributed by atoms with van der Waals surface area (Å²) in [4.78, 5) is 15.0. The number of nitrogens with zero attached hydrogens (tertiary/aromatic N) is 1. The first-order valence-corrected chi connectivity index (χ1v) is 5.19. The molecule has 0 spiro atoms. The lowest BCUT2D eigenvalue weighted by Gasteiger charge is -2.13. The van der Waals surface area contributed by atoms with Crippen molar-refractivity contribution in [3.63, 3.8) is 0 Å². The zero-order valence-electron chi connectivity index (χ0n) is 9.94. The minimum atomic E-state index is -2.93. The zero-order valence-corrected chi connectivity index (χ0v) is 9.94. The normalized spacial score (nSPS) is 10.5. The number of alkyl halides is 2. The molecule has 0 unspecified atom stereocenters. The molecule has 0 saturated heterocycles. The van der Waals surface area contributed by atoms with E-state index in [-0.39, 0.29) is 24.5 Å². The summed E-state index contributed by atoms with van der Waals surface area (Å²) in [5.74, 6) is -1.57. The first-order chi connectivity index (χ1) is 8.51. The first kappa shape index (κ1) is 14.1. The van der Waals surface area contributed by atoms with Crippen molar-refractivity contribution in [3.05, 3.63) is 17.5 Å². The molecular formula is C11H13F2NO4. The van der Waals surface area contributed by atoms with Gasteiger partial charge in [0.05, 0.1) is 32.0 Å². The summed E-state index contributed by atoms with van der Waals surface area (Å²) in [5.41, 5.74) is -0.671. The summed E-state index contributed by atoms with van der Waals surface area (Å²) in [6.45, 7) is 1.81. The molecule has 5 nitrogen and oxygen atoms in total. The average molecular weight is 261 g/mol. The van der Waals surface area contributed by atoms with E-state index in [1.165, 1.54) is 0 Å². The van der Waals surface area contributed by atoms with E-state index < -0.39 is 23.7 Å². The van der Waals surface area contributed by atoms with Crippen LogP contribution in [0, 0.1) is 0 Å². The van der Waals surface area contributed by atoms with Crippen LogP contribution in [0.5, 0.6) is 11.5 Å². The van der Waals surface area contributed by atoms with Gasteiger partial charge in [-0.25, -0.2) is 8.78 Å². The molecule has 18 heavy (non-hydrogen) atoms. The Morgan fingerprint density at radius 2 is 2.22 bits per heavy atom. The number of hydrogen-bond donors (Lipinski definition) is 1. The maximum absolute atomic E-state index is 12.8. The van der Waals surface area contributed by atoms with Crippen LogP contribution in [-0.4, -0.2) is 29.8 Å². The molecule has 1 N–H and O–H groups in total. The maximum atomic E-state index is 12.8. The molecule has 0 saturated carbocycles. The van der Waals surface area contributed by atoms with Gasteiger partial charge in [-0.15, -0.1) is 0 Å². The number of halogens is 2. The Morgan fingerprint density at radius 3 is 2.72 bits per heavy atom. The van der Waals surface area contributed by atoms with Crippen LogP contribution in [0.15, 0.2) is 6.20 Å². The molecule has 1 rings (SSSR count). The lowest BCUT2D eigenvalue weighted by molar-refractivity contribution is -0.142. The fourth-order valence-electron chi connectivity index (χ4n) is 1.45. The van der Waals surface area contributed by atoms with Crippen LogP contribution in [-0.2, 0) is 16.0 Å². The standard InChI is InChI=1S/C11H13F2NO4/c1-3-18-8(16)4-6-10(17-2)9(11(12)13)7(15)5-14-6/h5,11,15H,3-4H2,1-2H3. The molecule has 0 aliphatic rings. The molecule has 0 aliphatic heterocycles. The summed E-state index contributed by atoms with van der Waals surface area (Å²) in [6.07, 6.45) is -2.36. The summed E-state index contributed by atoms with van der Waals surface area (Å²) in [5, 5.41) is 9.32. The van der Waals surface area contributed by atoms with Crippen molar-refractivity contribution >= 4 is 5.97 Å². The number of pyridine rings is 1. The van der Waals surface area contributed by atoms with E-state index in [4.69, 9.17) is 9.47 Å². The average Bonchev–Trinajstić information content (AvgIpc) is 2.30. The van der Waals surface area contributed by atoms with Crippen molar-refractivity contribution in [2.75, 3.05) is 13.7 Å². The minimum Gasteiger partial charge on any atom is -0.506 e.